The highest BCUT2D eigenvalue weighted by Crippen LogP contribution is 2.34. The summed E-state index contributed by atoms with van der Waals surface area (Å²) >= 11 is 0. The molecule has 0 aromatic heterocycles. The molecule has 0 heteroatoms. The maximum atomic E-state index is 2.32. The Morgan fingerprint density at radius 1 is 0.324 bits per heavy atom. The molecule has 0 amide bonds. The summed E-state index contributed by atoms with van der Waals surface area (Å²) in [4.78, 5) is 0. The first-order valence-corrected chi connectivity index (χ1v) is 11.9. The van der Waals surface area contributed by atoms with E-state index < -0.39 is 0 Å². The number of hydrogen-bond donors (Lipinski definition) is 0. The zero-order chi connectivity index (χ0) is 23.7. The molecule has 34 heavy (non-hydrogen) atoms. The van der Waals surface area contributed by atoms with Crippen molar-refractivity contribution < 1.29 is 0 Å². The molecule has 0 fully saturated rings. The largest absolute Gasteiger partial charge is 0.0622 e. The fraction of sp³-hybridized carbons (Fsp3) is 0.118. The van der Waals surface area contributed by atoms with Gasteiger partial charge in [-0.15, -0.1) is 0 Å². The molecule has 0 aliphatic heterocycles. The summed E-state index contributed by atoms with van der Waals surface area (Å²) in [6, 6.07) is 39.8. The molecule has 5 rings (SSSR count). The smallest absolute Gasteiger partial charge is 0.0154 e. The highest BCUT2D eigenvalue weighted by molar-refractivity contribution is 5.79. The molecule has 5 aromatic carbocycles. The van der Waals surface area contributed by atoms with Gasteiger partial charge in [0.2, 0.25) is 0 Å². The van der Waals surface area contributed by atoms with Gasteiger partial charge in [-0.3, -0.25) is 0 Å². The molecule has 0 atom stereocenters. The SMILES string of the molecule is Cc1ccc(-c2ccc(-c3ccc(-c4ccc(-c5ccccc5)c(C)c4)cc3C)cc2C)cc1. The van der Waals surface area contributed by atoms with E-state index in [1.165, 1.54) is 66.8 Å². The van der Waals surface area contributed by atoms with Crippen LogP contribution >= 0.6 is 0 Å². The molecule has 0 radical (unpaired) electrons. The number of hydrogen-bond acceptors (Lipinski definition) is 0. The first kappa shape index (κ1) is 21.9. The van der Waals surface area contributed by atoms with Crippen molar-refractivity contribution in [2.45, 2.75) is 27.7 Å². The Morgan fingerprint density at radius 2 is 0.706 bits per heavy atom. The molecule has 0 saturated heterocycles. The Hall–Kier alpha value is -3.90. The number of benzene rings is 5. The summed E-state index contributed by atoms with van der Waals surface area (Å²) in [6.45, 7) is 8.75. The van der Waals surface area contributed by atoms with Crippen LogP contribution in [0.3, 0.4) is 0 Å². The first-order chi connectivity index (χ1) is 16.5. The molecule has 0 bridgehead atoms. The Balaban J connectivity index is 1.45. The Morgan fingerprint density at radius 3 is 1.21 bits per heavy atom. The van der Waals surface area contributed by atoms with E-state index in [4.69, 9.17) is 0 Å². The highest BCUT2D eigenvalue weighted by atomic mass is 14.1. The quantitative estimate of drug-likeness (QED) is 0.262. The lowest BCUT2D eigenvalue weighted by molar-refractivity contribution is 1.40. The van der Waals surface area contributed by atoms with E-state index in [1.54, 1.807) is 0 Å². The standard InChI is InChI=1S/C34H30/c1-23-10-12-28(13-11-23)33-19-16-31(22-26(33)4)34-18-15-30(21-25(34)3)29-14-17-32(24(2)20-29)27-8-6-5-7-9-27/h5-22H,1-4H3. The number of aryl methyl sites for hydroxylation is 4. The second-order valence-electron chi connectivity index (χ2n) is 9.32. The van der Waals surface area contributed by atoms with E-state index in [0.717, 1.165) is 0 Å². The minimum absolute atomic E-state index is 1.26. The van der Waals surface area contributed by atoms with Crippen molar-refractivity contribution >= 4 is 0 Å². The van der Waals surface area contributed by atoms with Crippen molar-refractivity contribution in [3.63, 3.8) is 0 Å². The van der Waals surface area contributed by atoms with Gasteiger partial charge < -0.3 is 0 Å². The fourth-order valence-electron chi connectivity index (χ4n) is 4.84. The predicted molar refractivity (Wildman–Crippen MR) is 147 cm³/mol. The molecular weight excluding hydrogens is 408 g/mol. The van der Waals surface area contributed by atoms with Crippen LogP contribution in [0.2, 0.25) is 0 Å². The summed E-state index contributed by atoms with van der Waals surface area (Å²) in [5.41, 5.74) is 15.4. The Bertz CT molecular complexity index is 1450. The summed E-state index contributed by atoms with van der Waals surface area (Å²) in [5.74, 6) is 0. The van der Waals surface area contributed by atoms with Gasteiger partial charge in [-0.2, -0.15) is 0 Å². The zero-order valence-corrected chi connectivity index (χ0v) is 20.4. The monoisotopic (exact) mass is 438 g/mol. The van der Waals surface area contributed by atoms with Crippen molar-refractivity contribution in [3.8, 4) is 44.5 Å². The lowest BCUT2D eigenvalue weighted by Crippen LogP contribution is -1.90. The Kier molecular flexibility index (Phi) is 5.90. The zero-order valence-electron chi connectivity index (χ0n) is 20.4. The van der Waals surface area contributed by atoms with Crippen LogP contribution in [0.4, 0.5) is 0 Å². The predicted octanol–water partition coefficient (Wildman–Crippen LogP) is 9.59. The van der Waals surface area contributed by atoms with Crippen molar-refractivity contribution in [1.29, 1.82) is 0 Å². The van der Waals surface area contributed by atoms with E-state index in [9.17, 15) is 0 Å². The summed E-state index contributed by atoms with van der Waals surface area (Å²) in [5, 5.41) is 0. The van der Waals surface area contributed by atoms with Gasteiger partial charge in [0.15, 0.2) is 0 Å². The maximum Gasteiger partial charge on any atom is -0.0154 e. The average molecular weight is 439 g/mol. The van der Waals surface area contributed by atoms with Crippen LogP contribution in [0.25, 0.3) is 44.5 Å². The third kappa shape index (κ3) is 4.32. The van der Waals surface area contributed by atoms with Crippen molar-refractivity contribution in [2.75, 3.05) is 0 Å². The molecule has 0 nitrogen and oxygen atoms in total. The topological polar surface area (TPSA) is 0 Å². The van der Waals surface area contributed by atoms with Gasteiger partial charge in [0.05, 0.1) is 0 Å². The summed E-state index contributed by atoms with van der Waals surface area (Å²) < 4.78 is 0. The van der Waals surface area contributed by atoms with E-state index in [-0.39, 0.29) is 0 Å². The normalized spacial score (nSPS) is 10.9. The van der Waals surface area contributed by atoms with Gasteiger partial charge in [0.25, 0.3) is 0 Å². The van der Waals surface area contributed by atoms with E-state index in [0.29, 0.717) is 0 Å². The molecule has 0 unspecified atom stereocenters. The maximum absolute atomic E-state index is 2.32. The third-order valence-electron chi connectivity index (χ3n) is 6.77. The van der Waals surface area contributed by atoms with Crippen molar-refractivity contribution in [3.05, 3.63) is 131 Å². The second-order valence-corrected chi connectivity index (χ2v) is 9.32. The lowest BCUT2D eigenvalue weighted by atomic mass is 9.91. The minimum atomic E-state index is 1.26. The van der Waals surface area contributed by atoms with Crippen LogP contribution < -0.4 is 0 Å². The van der Waals surface area contributed by atoms with E-state index >= 15 is 0 Å². The van der Waals surface area contributed by atoms with Gasteiger partial charge in [-0.25, -0.2) is 0 Å². The molecule has 0 spiro atoms. The van der Waals surface area contributed by atoms with Crippen LogP contribution in [-0.2, 0) is 0 Å². The molecule has 166 valence electrons. The van der Waals surface area contributed by atoms with Gasteiger partial charge in [-0.1, -0.05) is 115 Å². The fourth-order valence-corrected chi connectivity index (χ4v) is 4.84. The Labute approximate surface area is 203 Å². The summed E-state index contributed by atoms with van der Waals surface area (Å²) in [7, 11) is 0. The second kappa shape index (κ2) is 9.15. The average Bonchev–Trinajstić information content (AvgIpc) is 2.85. The summed E-state index contributed by atoms with van der Waals surface area (Å²) in [6.07, 6.45) is 0. The molecular formula is C34H30. The molecule has 5 aromatic rings. The minimum Gasteiger partial charge on any atom is -0.0622 e. The van der Waals surface area contributed by atoms with Gasteiger partial charge in [0.1, 0.15) is 0 Å². The van der Waals surface area contributed by atoms with Crippen LogP contribution in [-0.4, -0.2) is 0 Å². The number of rotatable bonds is 4. The molecule has 0 N–H and O–H groups in total. The molecule has 0 aliphatic carbocycles. The van der Waals surface area contributed by atoms with E-state index in [2.05, 4.69) is 137 Å². The lowest BCUT2D eigenvalue weighted by Gasteiger charge is -2.14. The van der Waals surface area contributed by atoms with Gasteiger partial charge in [-0.05, 0) is 88.9 Å². The van der Waals surface area contributed by atoms with Gasteiger partial charge in [0, 0.05) is 0 Å². The van der Waals surface area contributed by atoms with Crippen LogP contribution in [0, 0.1) is 27.7 Å². The molecule has 0 aliphatic rings. The first-order valence-electron chi connectivity index (χ1n) is 11.9. The van der Waals surface area contributed by atoms with Gasteiger partial charge >= 0.3 is 0 Å². The van der Waals surface area contributed by atoms with E-state index in [1.807, 2.05) is 0 Å². The molecule has 0 saturated carbocycles. The third-order valence-corrected chi connectivity index (χ3v) is 6.77. The van der Waals surface area contributed by atoms with Crippen LogP contribution in [0.5, 0.6) is 0 Å². The van der Waals surface area contributed by atoms with Crippen LogP contribution in [0.1, 0.15) is 22.3 Å². The highest BCUT2D eigenvalue weighted by Gasteiger charge is 2.09. The molecule has 0 heterocycles. The van der Waals surface area contributed by atoms with Crippen molar-refractivity contribution in [1.82, 2.24) is 0 Å². The van der Waals surface area contributed by atoms with Crippen LogP contribution in [0.15, 0.2) is 109 Å². The van der Waals surface area contributed by atoms with Crippen molar-refractivity contribution in [2.24, 2.45) is 0 Å².